The lowest BCUT2D eigenvalue weighted by Crippen LogP contribution is -2.28. The summed E-state index contributed by atoms with van der Waals surface area (Å²) in [4.78, 5) is 25.0. The molecule has 1 amide bonds. The summed E-state index contributed by atoms with van der Waals surface area (Å²) in [6.07, 6.45) is -1.21. The Balaban J connectivity index is 1.67. The van der Waals surface area contributed by atoms with Crippen molar-refractivity contribution in [1.29, 1.82) is 5.26 Å². The van der Waals surface area contributed by atoms with Crippen LogP contribution in [0.25, 0.3) is 0 Å². The van der Waals surface area contributed by atoms with Crippen molar-refractivity contribution in [3.05, 3.63) is 95.8 Å². The lowest BCUT2D eigenvalue weighted by Gasteiger charge is -2.18. The Morgan fingerprint density at radius 2 is 1.63 bits per heavy atom. The zero-order valence-electron chi connectivity index (χ0n) is 15.7. The van der Waals surface area contributed by atoms with E-state index in [0.717, 1.165) is 0 Å². The maximum absolute atomic E-state index is 13.1. The van der Waals surface area contributed by atoms with Crippen LogP contribution in [-0.4, -0.2) is 18.5 Å². The van der Waals surface area contributed by atoms with E-state index in [1.165, 1.54) is 24.3 Å². The highest BCUT2D eigenvalue weighted by atomic mass is 19.1. The van der Waals surface area contributed by atoms with Crippen LogP contribution in [0.15, 0.2) is 78.9 Å². The van der Waals surface area contributed by atoms with Crippen LogP contribution < -0.4 is 10.1 Å². The third kappa shape index (κ3) is 5.66. The molecule has 3 aromatic carbocycles. The molecular formula is C23H17FN2O4. The molecule has 0 radical (unpaired) electrons. The van der Waals surface area contributed by atoms with Gasteiger partial charge in [-0.05, 0) is 48.5 Å². The highest BCUT2D eigenvalue weighted by Gasteiger charge is 2.25. The van der Waals surface area contributed by atoms with Gasteiger partial charge in [-0.2, -0.15) is 5.26 Å². The predicted molar refractivity (Wildman–Crippen MR) is 107 cm³/mol. The second-order valence-electron chi connectivity index (χ2n) is 6.20. The predicted octanol–water partition coefficient (Wildman–Crippen LogP) is 4.00. The molecule has 150 valence electrons. The first-order valence-corrected chi connectivity index (χ1v) is 8.99. The van der Waals surface area contributed by atoms with Crippen LogP contribution in [0.1, 0.15) is 17.2 Å². The number of hydrogen-bond acceptors (Lipinski definition) is 5. The average Bonchev–Trinajstić information content (AvgIpc) is 2.78. The first kappa shape index (κ1) is 20.6. The molecule has 0 saturated carbocycles. The number of benzene rings is 3. The first-order valence-electron chi connectivity index (χ1n) is 8.99. The van der Waals surface area contributed by atoms with Gasteiger partial charge in [0.2, 0.25) is 6.10 Å². The van der Waals surface area contributed by atoms with Crippen LogP contribution in [0.3, 0.4) is 0 Å². The van der Waals surface area contributed by atoms with Gasteiger partial charge in [0.25, 0.3) is 5.91 Å². The van der Waals surface area contributed by atoms with Gasteiger partial charge < -0.3 is 14.8 Å². The maximum atomic E-state index is 13.1. The minimum Gasteiger partial charge on any atom is -0.482 e. The Bertz CT molecular complexity index is 1050. The Labute approximate surface area is 172 Å². The van der Waals surface area contributed by atoms with Gasteiger partial charge in [-0.15, -0.1) is 0 Å². The van der Waals surface area contributed by atoms with Crippen LogP contribution in [0.4, 0.5) is 10.1 Å². The van der Waals surface area contributed by atoms with Crippen molar-refractivity contribution in [2.45, 2.75) is 6.10 Å². The number of anilines is 1. The maximum Gasteiger partial charge on any atom is 0.345 e. The fraction of sp³-hybridized carbons (Fsp3) is 0.0870. The van der Waals surface area contributed by atoms with Crippen molar-refractivity contribution in [1.82, 2.24) is 0 Å². The zero-order valence-corrected chi connectivity index (χ0v) is 15.7. The molecule has 3 rings (SSSR count). The summed E-state index contributed by atoms with van der Waals surface area (Å²) in [6.45, 7) is -0.418. The number of esters is 1. The minimum atomic E-state index is -1.21. The summed E-state index contributed by atoms with van der Waals surface area (Å²) < 4.78 is 23.8. The Morgan fingerprint density at radius 1 is 0.967 bits per heavy atom. The van der Waals surface area contributed by atoms with E-state index in [1.54, 1.807) is 54.6 Å². The number of rotatable bonds is 7. The number of ether oxygens (including phenoxy) is 2. The quantitative estimate of drug-likeness (QED) is 0.602. The summed E-state index contributed by atoms with van der Waals surface area (Å²) >= 11 is 0. The van der Waals surface area contributed by atoms with E-state index in [9.17, 15) is 14.0 Å². The molecule has 1 atom stereocenters. The smallest absolute Gasteiger partial charge is 0.345 e. The first-order chi connectivity index (χ1) is 14.5. The number of hydrogen-bond donors (Lipinski definition) is 1. The summed E-state index contributed by atoms with van der Waals surface area (Å²) in [5, 5.41) is 11.4. The number of carbonyl (C=O) groups excluding carboxylic acids is 2. The van der Waals surface area contributed by atoms with Gasteiger partial charge in [-0.3, -0.25) is 4.79 Å². The molecule has 0 aliphatic carbocycles. The van der Waals surface area contributed by atoms with Crippen molar-refractivity contribution in [3.63, 3.8) is 0 Å². The van der Waals surface area contributed by atoms with E-state index < -0.39 is 30.4 Å². The second kappa shape index (κ2) is 9.85. The van der Waals surface area contributed by atoms with E-state index >= 15 is 0 Å². The molecule has 3 aromatic rings. The molecule has 30 heavy (non-hydrogen) atoms. The van der Waals surface area contributed by atoms with Crippen LogP contribution in [0.5, 0.6) is 5.75 Å². The highest BCUT2D eigenvalue weighted by Crippen LogP contribution is 2.21. The summed E-state index contributed by atoms with van der Waals surface area (Å²) in [5.74, 6) is -1.38. The molecule has 0 aliphatic heterocycles. The number of nitrogens with zero attached hydrogens (tertiary/aromatic N) is 1. The van der Waals surface area contributed by atoms with Crippen molar-refractivity contribution in [2.75, 3.05) is 11.9 Å². The molecule has 0 bridgehead atoms. The van der Waals surface area contributed by atoms with Gasteiger partial charge in [0.1, 0.15) is 11.6 Å². The van der Waals surface area contributed by atoms with E-state index in [-0.39, 0.29) is 0 Å². The van der Waals surface area contributed by atoms with Crippen molar-refractivity contribution in [3.8, 4) is 11.8 Å². The summed E-state index contributed by atoms with van der Waals surface area (Å²) in [7, 11) is 0. The van der Waals surface area contributed by atoms with E-state index in [1.807, 2.05) is 6.07 Å². The van der Waals surface area contributed by atoms with Crippen LogP contribution in [0, 0.1) is 17.1 Å². The molecule has 0 unspecified atom stereocenters. The van der Waals surface area contributed by atoms with Gasteiger partial charge in [0.05, 0.1) is 11.6 Å². The molecule has 0 fully saturated rings. The topological polar surface area (TPSA) is 88.4 Å². The fourth-order valence-corrected chi connectivity index (χ4v) is 2.58. The second-order valence-corrected chi connectivity index (χ2v) is 6.20. The lowest BCUT2D eigenvalue weighted by atomic mass is 10.1. The monoisotopic (exact) mass is 404 g/mol. The van der Waals surface area contributed by atoms with Crippen LogP contribution in [-0.2, 0) is 14.3 Å². The van der Waals surface area contributed by atoms with Gasteiger partial charge in [-0.25, -0.2) is 9.18 Å². The number of amides is 1. The highest BCUT2D eigenvalue weighted by molar-refractivity contribution is 5.96. The Morgan fingerprint density at radius 3 is 2.27 bits per heavy atom. The number of nitrogens with one attached hydrogen (secondary N) is 1. The van der Waals surface area contributed by atoms with Gasteiger partial charge >= 0.3 is 5.97 Å². The Hall–Kier alpha value is -4.18. The third-order valence-corrected chi connectivity index (χ3v) is 4.04. The SMILES string of the molecule is N#Cc1ccc(OCC(=O)O[C@H](C(=O)Nc2ccc(F)cc2)c2ccccc2)cc1. The minimum absolute atomic E-state index is 0.368. The van der Waals surface area contributed by atoms with Crippen molar-refractivity contribution in [2.24, 2.45) is 0 Å². The van der Waals surface area contributed by atoms with E-state index in [4.69, 9.17) is 14.7 Å². The Kier molecular flexibility index (Phi) is 6.74. The number of halogens is 1. The van der Waals surface area contributed by atoms with Gasteiger partial charge in [-0.1, -0.05) is 30.3 Å². The largest absolute Gasteiger partial charge is 0.482 e. The molecule has 0 saturated heterocycles. The summed E-state index contributed by atoms with van der Waals surface area (Å²) in [6, 6.07) is 22.0. The molecule has 7 heteroatoms. The van der Waals surface area contributed by atoms with E-state index in [0.29, 0.717) is 22.6 Å². The zero-order chi connectivity index (χ0) is 21.3. The van der Waals surface area contributed by atoms with E-state index in [2.05, 4.69) is 5.32 Å². The molecule has 0 spiro atoms. The number of carbonyl (C=O) groups is 2. The van der Waals surface area contributed by atoms with Gasteiger partial charge in [0, 0.05) is 11.3 Å². The molecule has 6 nitrogen and oxygen atoms in total. The molecular weight excluding hydrogens is 387 g/mol. The standard InChI is InChI=1S/C23H17FN2O4/c24-18-8-10-19(11-9-18)26-23(28)22(17-4-2-1-3-5-17)30-21(27)15-29-20-12-6-16(14-25)7-13-20/h1-13,22H,15H2,(H,26,28)/t22-/m0/s1. The number of nitriles is 1. The van der Waals surface area contributed by atoms with Gasteiger partial charge in [0.15, 0.2) is 6.61 Å². The lowest BCUT2D eigenvalue weighted by molar-refractivity contribution is -0.156. The van der Waals surface area contributed by atoms with Crippen molar-refractivity contribution >= 4 is 17.6 Å². The van der Waals surface area contributed by atoms with Crippen LogP contribution >= 0.6 is 0 Å². The summed E-state index contributed by atoms with van der Waals surface area (Å²) in [5.41, 5.74) is 1.31. The van der Waals surface area contributed by atoms with Crippen LogP contribution in [0.2, 0.25) is 0 Å². The average molecular weight is 404 g/mol. The molecule has 1 N–H and O–H groups in total. The molecule has 0 aromatic heterocycles. The fourth-order valence-electron chi connectivity index (χ4n) is 2.58. The van der Waals surface area contributed by atoms with Crippen molar-refractivity contribution < 1.29 is 23.5 Å². The third-order valence-electron chi connectivity index (χ3n) is 4.04. The molecule has 0 aliphatic rings. The normalized spacial score (nSPS) is 11.1. The molecule has 0 heterocycles.